The monoisotopic (exact) mass is 362 g/mol. The van der Waals surface area contributed by atoms with Crippen LogP contribution in [0.5, 0.6) is 0 Å². The first-order chi connectivity index (χ1) is 3.13. The van der Waals surface area contributed by atoms with Gasteiger partial charge in [0.25, 0.3) is 0 Å². The fourth-order valence-electron chi connectivity index (χ4n) is 0.0747. The van der Waals surface area contributed by atoms with Crippen LogP contribution >= 0.6 is 16.5 Å². The average Bonchev–Trinajstić information content (AvgIpc) is 1.27. The van der Waals surface area contributed by atoms with Crippen LogP contribution in [-0.2, 0) is 29.9 Å². The molecule has 0 rings (SSSR count). The van der Waals surface area contributed by atoms with Gasteiger partial charge in [0.1, 0.15) is 0 Å². The predicted octanol–water partition coefficient (Wildman–Crippen LogP) is -0.236. The molecule has 0 aromatic carbocycles. The van der Waals surface area contributed by atoms with E-state index in [2.05, 4.69) is 4.31 Å². The van der Waals surface area contributed by atoms with E-state index in [0.29, 0.717) is 0 Å². The van der Waals surface area contributed by atoms with E-state index in [4.69, 9.17) is 9.79 Å². The van der Waals surface area contributed by atoms with Gasteiger partial charge in [0.15, 0.2) is 0 Å². The van der Waals surface area contributed by atoms with E-state index in [-0.39, 0.29) is 56.4 Å². The van der Waals surface area contributed by atoms with Crippen LogP contribution in [0, 0.1) is 39.9 Å². The van der Waals surface area contributed by atoms with Gasteiger partial charge in [-0.2, -0.15) is 0 Å². The molecule has 9 heteroatoms. The molecule has 5 nitrogen and oxygen atoms in total. The Morgan fingerprint density at radius 2 is 1.33 bits per heavy atom. The fourth-order valence-corrected chi connectivity index (χ4v) is 0.672. The summed E-state index contributed by atoms with van der Waals surface area (Å²) >= 11 is 0. The summed E-state index contributed by atoms with van der Waals surface area (Å²) in [6.07, 6.45) is 0. The molecular formula is H4GdNiO5P2. The van der Waals surface area contributed by atoms with Gasteiger partial charge in [0, 0.05) is 56.4 Å². The maximum atomic E-state index is 9.44. The molecule has 9 heavy (non-hydrogen) atoms. The van der Waals surface area contributed by atoms with Gasteiger partial charge in [-0.15, -0.1) is 0 Å². The van der Waals surface area contributed by atoms with Crippen molar-refractivity contribution in [3.8, 4) is 0 Å². The molecule has 2 unspecified atom stereocenters. The predicted molar refractivity (Wildman–Crippen MR) is 23.5 cm³/mol. The SMILES string of the molecule is O=[PH](O)O[PH](=O)O.[Gd].[Ni]. The molecule has 0 heterocycles. The standard InChI is InChI=1S/Gd.Ni.H4O5P2/c;;1-6(2)5-7(3)4/h;;6-7H,(H,1,2)(H,3,4). The maximum absolute atomic E-state index is 9.44. The molecule has 0 saturated heterocycles. The Labute approximate surface area is 95.1 Å². The minimum Gasteiger partial charge on any atom is -0.326 e. The van der Waals surface area contributed by atoms with Gasteiger partial charge in [0.2, 0.25) is 0 Å². The first kappa shape index (κ1) is 17.3. The zero-order valence-electron chi connectivity index (χ0n) is 3.79. The van der Waals surface area contributed by atoms with E-state index in [9.17, 15) is 9.13 Å². The Bertz CT molecular complexity index is 91.1. The Hall–Kier alpha value is 2.16. The molecule has 2 N–H and O–H groups in total. The number of hydrogen-bond acceptors (Lipinski definition) is 3. The van der Waals surface area contributed by atoms with Gasteiger partial charge < -0.3 is 9.79 Å². The van der Waals surface area contributed by atoms with Gasteiger partial charge >= 0.3 is 16.5 Å². The van der Waals surface area contributed by atoms with Crippen LogP contribution in [0.1, 0.15) is 0 Å². The summed E-state index contributed by atoms with van der Waals surface area (Å²) in [5, 5.41) is 0. The van der Waals surface area contributed by atoms with Crippen LogP contribution in [0.25, 0.3) is 0 Å². The molecule has 0 aliphatic heterocycles. The van der Waals surface area contributed by atoms with Crippen LogP contribution in [0.2, 0.25) is 0 Å². The summed E-state index contributed by atoms with van der Waals surface area (Å²) in [6, 6.07) is 0. The molecule has 0 amide bonds. The molecular weight excluding hydrogens is 358 g/mol. The molecule has 0 fully saturated rings. The largest absolute Gasteiger partial charge is 0.326 e. The van der Waals surface area contributed by atoms with Crippen molar-refractivity contribution in [2.75, 3.05) is 0 Å². The summed E-state index contributed by atoms with van der Waals surface area (Å²) in [5.41, 5.74) is 0. The van der Waals surface area contributed by atoms with Crippen LogP contribution < -0.4 is 0 Å². The second-order valence-corrected chi connectivity index (χ2v) is 2.51. The van der Waals surface area contributed by atoms with Crippen LogP contribution in [-0.4, -0.2) is 9.79 Å². The van der Waals surface area contributed by atoms with Crippen LogP contribution in [0.4, 0.5) is 0 Å². The Kier molecular flexibility index (Phi) is 19.5. The Morgan fingerprint density at radius 3 is 1.33 bits per heavy atom. The van der Waals surface area contributed by atoms with E-state index in [1.54, 1.807) is 0 Å². The van der Waals surface area contributed by atoms with Gasteiger partial charge in [-0.3, -0.25) is 9.13 Å². The molecule has 62 valence electrons. The molecule has 0 aliphatic rings. The summed E-state index contributed by atoms with van der Waals surface area (Å²) < 4.78 is 22.3. The van der Waals surface area contributed by atoms with E-state index < -0.39 is 16.5 Å². The molecule has 0 radical (unpaired) electrons. The van der Waals surface area contributed by atoms with Crippen molar-refractivity contribution in [3.63, 3.8) is 0 Å². The molecule has 0 spiro atoms. The second kappa shape index (κ2) is 10.2. The first-order valence-corrected chi connectivity index (χ1v) is 3.79. The van der Waals surface area contributed by atoms with E-state index in [1.807, 2.05) is 0 Å². The fraction of sp³-hybridized carbons (Fsp3) is 0. The van der Waals surface area contributed by atoms with Crippen molar-refractivity contribution in [3.05, 3.63) is 0 Å². The number of hydrogen-bond donors (Lipinski definition) is 2. The molecule has 0 aromatic rings. The third-order valence-corrected chi connectivity index (χ3v) is 1.57. The zero-order chi connectivity index (χ0) is 5.86. The summed E-state index contributed by atoms with van der Waals surface area (Å²) in [4.78, 5) is 15.4. The summed E-state index contributed by atoms with van der Waals surface area (Å²) in [7, 11) is -6.40. The molecule has 0 aliphatic carbocycles. The van der Waals surface area contributed by atoms with Gasteiger partial charge in [0.05, 0.1) is 0 Å². The first-order valence-electron chi connectivity index (χ1n) is 1.26. The zero-order valence-corrected chi connectivity index (χ0v) is 9.05. The van der Waals surface area contributed by atoms with Crippen molar-refractivity contribution in [1.29, 1.82) is 0 Å². The summed E-state index contributed by atoms with van der Waals surface area (Å²) in [6.45, 7) is 0. The van der Waals surface area contributed by atoms with E-state index >= 15 is 0 Å². The summed E-state index contributed by atoms with van der Waals surface area (Å²) in [5.74, 6) is 0. The smallest absolute Gasteiger partial charge is 0.323 e. The van der Waals surface area contributed by atoms with Crippen LogP contribution in [0.15, 0.2) is 0 Å². The quantitative estimate of drug-likeness (QED) is 0.524. The van der Waals surface area contributed by atoms with E-state index in [0.717, 1.165) is 0 Å². The molecule has 2 atom stereocenters. The van der Waals surface area contributed by atoms with Crippen molar-refractivity contribution in [2.24, 2.45) is 0 Å². The van der Waals surface area contributed by atoms with Crippen molar-refractivity contribution >= 4 is 16.5 Å². The molecule has 0 aromatic heterocycles. The van der Waals surface area contributed by atoms with Gasteiger partial charge in [-0.05, 0) is 0 Å². The second-order valence-electron chi connectivity index (χ2n) is 0.634. The Morgan fingerprint density at radius 1 is 1.11 bits per heavy atom. The average molecular weight is 362 g/mol. The van der Waals surface area contributed by atoms with Gasteiger partial charge in [-0.25, -0.2) is 4.31 Å². The molecule has 0 saturated carbocycles. The van der Waals surface area contributed by atoms with E-state index in [1.165, 1.54) is 0 Å². The van der Waals surface area contributed by atoms with Crippen LogP contribution in [0.3, 0.4) is 0 Å². The van der Waals surface area contributed by atoms with Crippen molar-refractivity contribution in [1.82, 2.24) is 0 Å². The topological polar surface area (TPSA) is 83.8 Å². The Balaban J connectivity index is -0.000000180. The third-order valence-electron chi connectivity index (χ3n) is 0.175. The number of rotatable bonds is 2. The van der Waals surface area contributed by atoms with Crippen molar-refractivity contribution in [2.45, 2.75) is 0 Å². The minimum absolute atomic E-state index is 0. The minimum atomic E-state index is -3.20. The van der Waals surface area contributed by atoms with Crippen molar-refractivity contribution < 1.29 is 79.7 Å². The third kappa shape index (κ3) is 17.8. The normalized spacial score (nSPS) is 14.4. The maximum Gasteiger partial charge on any atom is 0.323 e. The molecule has 0 bridgehead atoms. The van der Waals surface area contributed by atoms with Gasteiger partial charge in [-0.1, -0.05) is 0 Å².